The van der Waals surface area contributed by atoms with Crippen LogP contribution in [-0.2, 0) is 6.54 Å². The zero-order chi connectivity index (χ0) is 14.6. The number of hydrogen-bond donors (Lipinski definition) is 2. The van der Waals surface area contributed by atoms with Crippen molar-refractivity contribution in [3.63, 3.8) is 0 Å². The number of nitro groups is 1. The van der Waals surface area contributed by atoms with E-state index in [1.165, 1.54) is 25.1 Å². The molecule has 0 aliphatic carbocycles. The summed E-state index contributed by atoms with van der Waals surface area (Å²) in [5.74, 6) is 0. The molecule has 19 heavy (non-hydrogen) atoms. The van der Waals surface area contributed by atoms with Crippen LogP contribution in [0.5, 0.6) is 0 Å². The Labute approximate surface area is 105 Å². The summed E-state index contributed by atoms with van der Waals surface area (Å²) in [4.78, 5) is 20.8. The van der Waals surface area contributed by atoms with Crippen molar-refractivity contribution in [2.75, 3.05) is 0 Å². The highest BCUT2D eigenvalue weighted by atomic mass is 19.4. The number of hydrogen-bond acceptors (Lipinski definition) is 3. The summed E-state index contributed by atoms with van der Waals surface area (Å²) < 4.78 is 35.4. The van der Waals surface area contributed by atoms with E-state index in [-0.39, 0.29) is 12.2 Å². The molecular weight excluding hydrogens is 267 g/mol. The topological polar surface area (TPSA) is 84.3 Å². The third kappa shape index (κ3) is 4.82. The van der Waals surface area contributed by atoms with Gasteiger partial charge in [0.2, 0.25) is 0 Å². The molecule has 0 fully saturated rings. The van der Waals surface area contributed by atoms with Crippen molar-refractivity contribution in [2.24, 2.45) is 0 Å². The third-order valence-electron chi connectivity index (χ3n) is 2.17. The summed E-state index contributed by atoms with van der Waals surface area (Å²) in [6, 6.07) is 2.63. The zero-order valence-corrected chi connectivity index (χ0v) is 9.75. The highest BCUT2D eigenvalue weighted by molar-refractivity contribution is 5.74. The van der Waals surface area contributed by atoms with Crippen LogP contribution in [0.15, 0.2) is 18.2 Å². The molecule has 0 saturated carbocycles. The van der Waals surface area contributed by atoms with Gasteiger partial charge in [0.05, 0.1) is 4.92 Å². The smallest absolute Gasteiger partial charge is 0.334 e. The number of urea groups is 1. The van der Waals surface area contributed by atoms with Crippen molar-refractivity contribution in [1.82, 2.24) is 10.6 Å². The van der Waals surface area contributed by atoms with Crippen LogP contribution in [-0.4, -0.2) is 17.3 Å². The average molecular weight is 277 g/mol. The van der Waals surface area contributed by atoms with Gasteiger partial charge < -0.3 is 5.32 Å². The minimum atomic E-state index is -4.80. The number of benzene rings is 1. The molecule has 0 spiro atoms. The number of rotatable bonds is 3. The Morgan fingerprint density at radius 2 is 2.05 bits per heavy atom. The first-order valence-electron chi connectivity index (χ1n) is 5.05. The highest BCUT2D eigenvalue weighted by Gasteiger charge is 2.29. The fraction of sp³-hybridized carbons (Fsp3) is 0.300. The van der Waals surface area contributed by atoms with Crippen molar-refractivity contribution in [2.45, 2.75) is 19.8 Å². The van der Waals surface area contributed by atoms with Crippen LogP contribution >= 0.6 is 0 Å². The SMILES string of the molecule is Cc1cc(CNC(=O)NC(F)(F)F)ccc1[N+](=O)[O-]. The minimum absolute atomic E-state index is 0.0940. The fourth-order valence-electron chi connectivity index (χ4n) is 1.39. The van der Waals surface area contributed by atoms with Gasteiger partial charge in [0.15, 0.2) is 0 Å². The first kappa shape index (κ1) is 14.7. The molecular formula is C10H10F3N3O3. The van der Waals surface area contributed by atoms with Crippen LogP contribution in [0.2, 0.25) is 0 Å². The first-order chi connectivity index (χ1) is 8.69. The number of carbonyl (C=O) groups is 1. The molecule has 104 valence electrons. The van der Waals surface area contributed by atoms with E-state index in [0.717, 1.165) is 5.32 Å². The molecule has 2 N–H and O–H groups in total. The van der Waals surface area contributed by atoms with Gasteiger partial charge in [-0.3, -0.25) is 10.1 Å². The largest absolute Gasteiger partial charge is 0.485 e. The molecule has 0 saturated heterocycles. The molecule has 0 aliphatic heterocycles. The predicted octanol–water partition coefficient (Wildman–Crippen LogP) is 2.22. The van der Waals surface area contributed by atoms with Crippen molar-refractivity contribution >= 4 is 11.7 Å². The number of amides is 2. The van der Waals surface area contributed by atoms with E-state index < -0.39 is 17.3 Å². The van der Waals surface area contributed by atoms with Crippen LogP contribution in [0, 0.1) is 17.0 Å². The van der Waals surface area contributed by atoms with E-state index >= 15 is 0 Å². The summed E-state index contributed by atoms with van der Waals surface area (Å²) in [5, 5.41) is 13.3. The van der Waals surface area contributed by atoms with E-state index in [2.05, 4.69) is 0 Å². The summed E-state index contributed by atoms with van der Waals surface area (Å²) >= 11 is 0. The fourth-order valence-corrected chi connectivity index (χ4v) is 1.39. The molecule has 0 unspecified atom stereocenters. The standard InChI is InChI=1S/C10H10F3N3O3/c1-6-4-7(2-3-8(6)16(18)19)5-14-9(17)15-10(11,12)13/h2-4H,5H2,1H3,(H2,14,15,17). The lowest BCUT2D eigenvalue weighted by Crippen LogP contribution is -2.43. The summed E-state index contributed by atoms with van der Waals surface area (Å²) in [5.41, 5.74) is 0.726. The van der Waals surface area contributed by atoms with Crippen LogP contribution in [0.3, 0.4) is 0 Å². The average Bonchev–Trinajstić information content (AvgIpc) is 2.23. The number of nitrogens with zero attached hydrogens (tertiary/aromatic N) is 1. The molecule has 9 heteroatoms. The lowest BCUT2D eigenvalue weighted by atomic mass is 10.1. The quantitative estimate of drug-likeness (QED) is 0.504. The van der Waals surface area contributed by atoms with Crippen LogP contribution < -0.4 is 10.6 Å². The zero-order valence-electron chi connectivity index (χ0n) is 9.75. The highest BCUT2D eigenvalue weighted by Crippen LogP contribution is 2.18. The Balaban J connectivity index is 2.62. The molecule has 0 heterocycles. The van der Waals surface area contributed by atoms with Gasteiger partial charge in [-0.1, -0.05) is 6.07 Å². The number of halogens is 3. The molecule has 0 aliphatic rings. The van der Waals surface area contributed by atoms with E-state index in [1.807, 2.05) is 5.32 Å². The number of nitro benzene ring substituents is 1. The van der Waals surface area contributed by atoms with Crippen molar-refractivity contribution in [3.05, 3.63) is 39.4 Å². The second-order valence-corrected chi connectivity index (χ2v) is 3.68. The maximum atomic E-state index is 11.8. The lowest BCUT2D eigenvalue weighted by molar-refractivity contribution is -0.385. The Kier molecular flexibility index (Phi) is 4.30. The van der Waals surface area contributed by atoms with Gasteiger partial charge in [-0.25, -0.2) is 10.1 Å². The molecule has 1 aromatic carbocycles. The second-order valence-electron chi connectivity index (χ2n) is 3.68. The summed E-state index contributed by atoms with van der Waals surface area (Å²) in [6.07, 6.45) is -4.80. The third-order valence-corrected chi connectivity index (χ3v) is 2.17. The van der Waals surface area contributed by atoms with E-state index in [1.54, 1.807) is 0 Å². The molecule has 2 amide bonds. The second kappa shape index (κ2) is 5.55. The van der Waals surface area contributed by atoms with Crippen molar-refractivity contribution < 1.29 is 22.9 Å². The Bertz CT molecular complexity index is 503. The Morgan fingerprint density at radius 1 is 1.42 bits per heavy atom. The van der Waals surface area contributed by atoms with E-state index in [0.29, 0.717) is 11.1 Å². The molecule has 0 aromatic heterocycles. The van der Waals surface area contributed by atoms with Gasteiger partial charge in [-0.2, -0.15) is 13.2 Å². The van der Waals surface area contributed by atoms with Gasteiger partial charge in [-0.05, 0) is 18.6 Å². The lowest BCUT2D eigenvalue weighted by Gasteiger charge is -2.10. The van der Waals surface area contributed by atoms with Crippen LogP contribution in [0.4, 0.5) is 23.7 Å². The molecule has 6 nitrogen and oxygen atoms in total. The summed E-state index contributed by atoms with van der Waals surface area (Å²) in [6.45, 7) is 1.33. The maximum absolute atomic E-state index is 11.8. The number of carbonyl (C=O) groups excluding carboxylic acids is 1. The first-order valence-corrected chi connectivity index (χ1v) is 5.05. The molecule has 0 radical (unpaired) electrons. The molecule has 0 atom stereocenters. The normalized spacial score (nSPS) is 10.9. The molecule has 1 aromatic rings. The monoisotopic (exact) mass is 277 g/mol. The Hall–Kier alpha value is -2.32. The van der Waals surface area contributed by atoms with E-state index in [4.69, 9.17) is 0 Å². The summed E-state index contributed by atoms with van der Waals surface area (Å²) in [7, 11) is 0. The Morgan fingerprint density at radius 3 is 2.53 bits per heavy atom. The molecule has 0 bridgehead atoms. The van der Waals surface area contributed by atoms with Gasteiger partial charge in [-0.15, -0.1) is 0 Å². The van der Waals surface area contributed by atoms with Gasteiger partial charge >= 0.3 is 12.3 Å². The van der Waals surface area contributed by atoms with Crippen LogP contribution in [0.1, 0.15) is 11.1 Å². The molecule has 1 rings (SSSR count). The minimum Gasteiger partial charge on any atom is -0.334 e. The van der Waals surface area contributed by atoms with Crippen molar-refractivity contribution in [3.8, 4) is 0 Å². The van der Waals surface area contributed by atoms with Gasteiger partial charge in [0.25, 0.3) is 5.69 Å². The van der Waals surface area contributed by atoms with E-state index in [9.17, 15) is 28.1 Å². The van der Waals surface area contributed by atoms with Crippen LogP contribution in [0.25, 0.3) is 0 Å². The maximum Gasteiger partial charge on any atom is 0.485 e. The predicted molar refractivity (Wildman–Crippen MR) is 59.3 cm³/mol. The number of alkyl halides is 3. The van der Waals surface area contributed by atoms with Gasteiger partial charge in [0.1, 0.15) is 0 Å². The van der Waals surface area contributed by atoms with Gasteiger partial charge in [0, 0.05) is 18.2 Å². The van der Waals surface area contributed by atoms with Crippen molar-refractivity contribution in [1.29, 1.82) is 0 Å². The number of nitrogens with one attached hydrogen (secondary N) is 2. The number of aryl methyl sites for hydroxylation is 1.